The van der Waals surface area contributed by atoms with E-state index in [1.54, 1.807) is 7.28 Å². The third-order valence-corrected chi connectivity index (χ3v) is 4.44. The van der Waals surface area contributed by atoms with Crippen LogP contribution in [-0.4, -0.2) is 20.2 Å². The molecule has 3 heteroatoms. The van der Waals surface area contributed by atoms with Crippen LogP contribution in [0.5, 0.6) is 0 Å². The SMILES string of the molecule is O=C([B]c1ccc([B]c2cccc3ccccc23)cc1)c1ccccc1. The summed E-state index contributed by atoms with van der Waals surface area (Å²) < 4.78 is 0. The predicted octanol–water partition coefficient (Wildman–Crippen LogP) is 2.66. The Morgan fingerprint density at radius 1 is 0.615 bits per heavy atom. The van der Waals surface area contributed by atoms with Crippen LogP contribution in [-0.2, 0) is 0 Å². The molecular formula is C23H16B2O. The summed E-state index contributed by atoms with van der Waals surface area (Å²) in [6.07, 6.45) is 0. The second-order valence-electron chi connectivity index (χ2n) is 6.25. The van der Waals surface area contributed by atoms with Gasteiger partial charge in [-0.15, -0.1) is 0 Å². The first-order chi connectivity index (χ1) is 12.8. The van der Waals surface area contributed by atoms with Crippen LogP contribution in [0.15, 0.2) is 97.1 Å². The lowest BCUT2D eigenvalue weighted by Crippen LogP contribution is -2.30. The first-order valence-corrected chi connectivity index (χ1v) is 8.66. The summed E-state index contributed by atoms with van der Waals surface area (Å²) in [6, 6.07) is 32.1. The second kappa shape index (κ2) is 7.45. The Balaban J connectivity index is 1.50. The monoisotopic (exact) mass is 330 g/mol. The van der Waals surface area contributed by atoms with Crippen molar-refractivity contribution >= 4 is 47.4 Å². The number of benzene rings is 4. The van der Waals surface area contributed by atoms with E-state index in [9.17, 15) is 4.79 Å². The highest BCUT2D eigenvalue weighted by atomic mass is 16.1. The molecule has 4 rings (SSSR count). The zero-order valence-corrected chi connectivity index (χ0v) is 14.3. The van der Waals surface area contributed by atoms with Gasteiger partial charge in [-0.1, -0.05) is 113 Å². The van der Waals surface area contributed by atoms with Crippen molar-refractivity contribution in [2.24, 2.45) is 0 Å². The summed E-state index contributed by atoms with van der Waals surface area (Å²) in [4.78, 5) is 12.3. The largest absolute Gasteiger partial charge is 0.306 e. The Kier molecular flexibility index (Phi) is 4.70. The molecule has 1 nitrogen and oxygen atoms in total. The highest BCUT2D eigenvalue weighted by Gasteiger charge is 2.09. The van der Waals surface area contributed by atoms with Crippen molar-refractivity contribution < 1.29 is 4.79 Å². The lowest BCUT2D eigenvalue weighted by atomic mass is 9.60. The number of hydrogen-bond acceptors (Lipinski definition) is 1. The summed E-state index contributed by atoms with van der Waals surface area (Å²) in [6.45, 7) is 0. The average Bonchev–Trinajstić information content (AvgIpc) is 2.70. The van der Waals surface area contributed by atoms with E-state index in [2.05, 4.69) is 49.7 Å². The molecule has 120 valence electrons. The summed E-state index contributed by atoms with van der Waals surface area (Å²) >= 11 is 0. The van der Waals surface area contributed by atoms with E-state index in [1.165, 1.54) is 16.2 Å². The molecule has 26 heavy (non-hydrogen) atoms. The van der Waals surface area contributed by atoms with Crippen LogP contribution in [0.25, 0.3) is 10.8 Å². The highest BCUT2D eigenvalue weighted by Crippen LogP contribution is 2.10. The normalized spacial score (nSPS) is 10.5. The molecule has 0 atom stereocenters. The molecule has 0 saturated carbocycles. The second-order valence-corrected chi connectivity index (χ2v) is 6.25. The maximum atomic E-state index is 12.3. The van der Waals surface area contributed by atoms with Crippen LogP contribution in [0.1, 0.15) is 10.4 Å². The molecule has 0 aromatic heterocycles. The fraction of sp³-hybridized carbons (Fsp3) is 0. The quantitative estimate of drug-likeness (QED) is 0.514. The standard InChI is InChI=1S/C23H16B2O/c26-23(18-8-2-1-3-9-18)25-20-15-13-19(14-16-20)24-22-12-6-10-17-7-4-5-11-21(17)22/h1-16H. The molecule has 0 unspecified atom stereocenters. The van der Waals surface area contributed by atoms with Crippen molar-refractivity contribution in [1.82, 2.24) is 0 Å². The first-order valence-electron chi connectivity index (χ1n) is 8.66. The van der Waals surface area contributed by atoms with Gasteiger partial charge in [0.15, 0.2) is 7.28 Å². The summed E-state index contributed by atoms with van der Waals surface area (Å²) in [5.74, 6) is 0. The summed E-state index contributed by atoms with van der Waals surface area (Å²) in [5, 5.41) is 2.48. The molecule has 0 heterocycles. The van der Waals surface area contributed by atoms with Crippen molar-refractivity contribution in [2.75, 3.05) is 0 Å². The van der Waals surface area contributed by atoms with Gasteiger partial charge < -0.3 is 4.79 Å². The summed E-state index contributed by atoms with van der Waals surface area (Å²) in [7, 11) is 3.85. The lowest BCUT2D eigenvalue weighted by molar-refractivity contribution is 0.107. The topological polar surface area (TPSA) is 17.1 Å². The van der Waals surface area contributed by atoms with Gasteiger partial charge in [-0.2, -0.15) is 0 Å². The van der Waals surface area contributed by atoms with E-state index in [0.717, 1.165) is 10.9 Å². The number of rotatable bonds is 5. The van der Waals surface area contributed by atoms with Gasteiger partial charge in [0, 0.05) is 5.56 Å². The van der Waals surface area contributed by atoms with Crippen molar-refractivity contribution in [2.45, 2.75) is 0 Å². The van der Waals surface area contributed by atoms with E-state index >= 15 is 0 Å². The van der Waals surface area contributed by atoms with Crippen molar-refractivity contribution in [3.63, 3.8) is 0 Å². The molecule has 0 aliphatic heterocycles. The van der Waals surface area contributed by atoms with Crippen LogP contribution < -0.4 is 16.4 Å². The molecule has 2 radical (unpaired) electrons. The van der Waals surface area contributed by atoms with Crippen LogP contribution >= 0.6 is 0 Å². The third kappa shape index (κ3) is 3.62. The maximum Gasteiger partial charge on any atom is 0.247 e. The van der Waals surface area contributed by atoms with E-state index < -0.39 is 0 Å². The smallest absolute Gasteiger partial charge is 0.247 e. The molecule has 4 aromatic rings. The highest BCUT2D eigenvalue weighted by molar-refractivity contribution is 6.87. The molecule has 0 aliphatic rings. The van der Waals surface area contributed by atoms with Crippen LogP contribution in [0.2, 0.25) is 0 Å². The molecule has 0 saturated heterocycles. The van der Waals surface area contributed by atoms with Gasteiger partial charge in [-0.25, -0.2) is 0 Å². The molecule has 0 N–H and O–H groups in total. The molecule has 0 spiro atoms. The minimum Gasteiger partial charge on any atom is -0.306 e. The molecule has 0 amide bonds. The van der Waals surface area contributed by atoms with Crippen molar-refractivity contribution in [3.8, 4) is 0 Å². The Morgan fingerprint density at radius 3 is 2.08 bits per heavy atom. The van der Waals surface area contributed by atoms with Crippen molar-refractivity contribution in [1.29, 1.82) is 0 Å². The minimum absolute atomic E-state index is 0.0244. The predicted molar refractivity (Wildman–Crippen MR) is 112 cm³/mol. The number of carbonyl (C=O) groups excluding carboxylic acids is 1. The Labute approximate surface area is 155 Å². The number of fused-ring (bicyclic) bond motifs is 1. The molecular weight excluding hydrogens is 314 g/mol. The van der Waals surface area contributed by atoms with Gasteiger partial charge >= 0.3 is 0 Å². The van der Waals surface area contributed by atoms with E-state index in [-0.39, 0.29) is 5.68 Å². The van der Waals surface area contributed by atoms with Crippen LogP contribution in [0.4, 0.5) is 0 Å². The minimum atomic E-state index is 0.0244. The van der Waals surface area contributed by atoms with Gasteiger partial charge in [0.25, 0.3) is 0 Å². The van der Waals surface area contributed by atoms with E-state index in [1.807, 2.05) is 54.6 Å². The number of hydrogen-bond donors (Lipinski definition) is 0. The Morgan fingerprint density at radius 2 is 1.27 bits per heavy atom. The van der Waals surface area contributed by atoms with Crippen LogP contribution in [0.3, 0.4) is 0 Å². The van der Waals surface area contributed by atoms with Gasteiger partial charge in [0.1, 0.15) is 5.68 Å². The first kappa shape index (κ1) is 16.4. The Bertz CT molecular complexity index is 1040. The van der Waals surface area contributed by atoms with E-state index in [0.29, 0.717) is 5.56 Å². The van der Waals surface area contributed by atoms with Gasteiger partial charge in [-0.05, 0) is 10.8 Å². The maximum absolute atomic E-state index is 12.3. The van der Waals surface area contributed by atoms with Crippen LogP contribution in [0, 0.1) is 0 Å². The lowest BCUT2D eigenvalue weighted by Gasteiger charge is -2.07. The molecule has 0 fully saturated rings. The van der Waals surface area contributed by atoms with Gasteiger partial charge in [0.2, 0.25) is 7.28 Å². The molecule has 4 aromatic carbocycles. The average molecular weight is 330 g/mol. The molecule has 0 aliphatic carbocycles. The Hall–Kier alpha value is -3.06. The number of carbonyl (C=O) groups is 1. The zero-order chi connectivity index (χ0) is 17.8. The zero-order valence-electron chi connectivity index (χ0n) is 14.3. The van der Waals surface area contributed by atoms with Gasteiger partial charge in [0.05, 0.1) is 0 Å². The fourth-order valence-electron chi connectivity index (χ4n) is 3.08. The van der Waals surface area contributed by atoms with Crippen molar-refractivity contribution in [3.05, 3.63) is 103 Å². The fourth-order valence-corrected chi connectivity index (χ4v) is 3.08. The third-order valence-electron chi connectivity index (χ3n) is 4.44. The summed E-state index contributed by atoms with van der Waals surface area (Å²) in [5.41, 5.74) is 3.95. The molecule has 0 bridgehead atoms. The van der Waals surface area contributed by atoms with E-state index in [4.69, 9.17) is 0 Å². The van der Waals surface area contributed by atoms with Gasteiger partial charge in [-0.3, -0.25) is 0 Å².